The molecule has 0 spiro atoms. The van der Waals surface area contributed by atoms with Crippen LogP contribution in [0.4, 0.5) is 0 Å². The molecule has 0 nitrogen and oxygen atoms in total. The van der Waals surface area contributed by atoms with Crippen LogP contribution < -0.4 is 10.6 Å². The number of hydrogen-bond acceptors (Lipinski definition) is 2. The van der Waals surface area contributed by atoms with Gasteiger partial charge in [-0.2, -0.15) is 0 Å². The Bertz CT molecular complexity index is 896. The van der Waals surface area contributed by atoms with Gasteiger partial charge >= 0.3 is 0 Å². The second kappa shape index (κ2) is 8.61. The molecule has 0 N–H and O–H groups in total. The lowest BCUT2D eigenvalue weighted by Gasteiger charge is -2.28. The van der Waals surface area contributed by atoms with Crippen molar-refractivity contribution >= 4 is 45.5 Å². The lowest BCUT2D eigenvalue weighted by molar-refractivity contribution is 0.808. The standard InChI is InChI=1S/C24H25PS2/c1-24(2,3)27-19-23(20-13-7-4-8-14-20)25(26,21-15-9-5-10-16-21)22-17-11-6-12-18-22/h4-19H,1-3H3/b23-19+. The molecular weight excluding hydrogens is 383 g/mol. The summed E-state index contributed by atoms with van der Waals surface area (Å²) in [6, 6.07) is 29.7. The molecule has 0 amide bonds. The van der Waals surface area contributed by atoms with Crippen LogP contribution in [0.15, 0.2) is 96.4 Å². The highest BCUT2D eigenvalue weighted by Crippen LogP contribution is 2.58. The van der Waals surface area contributed by atoms with Crippen molar-refractivity contribution in [3.05, 3.63) is 102 Å². The summed E-state index contributed by atoms with van der Waals surface area (Å²) in [6.07, 6.45) is 0. The van der Waals surface area contributed by atoms with E-state index in [2.05, 4.69) is 117 Å². The highest BCUT2D eigenvalue weighted by Gasteiger charge is 2.28. The average molecular weight is 409 g/mol. The Kier molecular flexibility index (Phi) is 6.42. The van der Waals surface area contributed by atoms with Gasteiger partial charge < -0.3 is 0 Å². The van der Waals surface area contributed by atoms with E-state index in [9.17, 15) is 0 Å². The van der Waals surface area contributed by atoms with Gasteiger partial charge in [-0.3, -0.25) is 0 Å². The molecule has 138 valence electrons. The molecule has 0 unspecified atom stereocenters. The summed E-state index contributed by atoms with van der Waals surface area (Å²) in [7, 11) is 0. The molecule has 0 aliphatic heterocycles. The Morgan fingerprint density at radius 2 is 1.15 bits per heavy atom. The SMILES string of the molecule is CC(C)(C)S/C=C(\c1ccccc1)P(=S)(c1ccccc1)c1ccccc1. The molecule has 3 heteroatoms. The average Bonchev–Trinajstić information content (AvgIpc) is 2.69. The number of hydrogen-bond donors (Lipinski definition) is 0. The Morgan fingerprint density at radius 1 is 0.741 bits per heavy atom. The molecular formula is C24H25PS2. The minimum atomic E-state index is -2.17. The quantitative estimate of drug-likeness (QED) is 0.434. The van der Waals surface area contributed by atoms with Crippen LogP contribution in [0.5, 0.6) is 0 Å². The van der Waals surface area contributed by atoms with E-state index in [1.165, 1.54) is 21.5 Å². The van der Waals surface area contributed by atoms with Crippen LogP contribution >= 0.6 is 17.8 Å². The summed E-state index contributed by atoms with van der Waals surface area (Å²) in [6.45, 7) is 6.72. The molecule has 3 rings (SSSR count). The molecule has 0 radical (unpaired) electrons. The second-order valence-electron chi connectivity index (χ2n) is 7.38. The van der Waals surface area contributed by atoms with Crippen molar-refractivity contribution < 1.29 is 0 Å². The van der Waals surface area contributed by atoms with Gasteiger partial charge in [0.25, 0.3) is 0 Å². The Hall–Kier alpha value is -1.60. The topological polar surface area (TPSA) is 0 Å². The summed E-state index contributed by atoms with van der Waals surface area (Å²) in [5, 5.41) is 6.04. The maximum atomic E-state index is 6.56. The van der Waals surface area contributed by atoms with E-state index in [0.29, 0.717) is 0 Å². The maximum Gasteiger partial charge on any atom is 0.0390 e. The molecule has 0 saturated carbocycles. The van der Waals surface area contributed by atoms with Crippen LogP contribution in [-0.4, -0.2) is 4.75 Å². The molecule has 0 bridgehead atoms. The van der Waals surface area contributed by atoms with Gasteiger partial charge in [0.05, 0.1) is 0 Å². The number of rotatable bonds is 5. The minimum Gasteiger partial charge on any atom is -0.127 e. The third kappa shape index (κ3) is 4.82. The van der Waals surface area contributed by atoms with Crippen LogP contribution in [0, 0.1) is 0 Å². The number of benzene rings is 3. The molecule has 27 heavy (non-hydrogen) atoms. The zero-order valence-corrected chi connectivity index (χ0v) is 18.5. The van der Waals surface area contributed by atoms with Gasteiger partial charge in [-0.15, -0.1) is 11.8 Å². The van der Waals surface area contributed by atoms with E-state index in [1.807, 2.05) is 11.8 Å². The predicted molar refractivity (Wildman–Crippen MR) is 128 cm³/mol. The van der Waals surface area contributed by atoms with Crippen LogP contribution in [-0.2, 0) is 11.8 Å². The maximum absolute atomic E-state index is 6.56. The van der Waals surface area contributed by atoms with Gasteiger partial charge in [-0.1, -0.05) is 124 Å². The molecule has 0 fully saturated rings. The van der Waals surface area contributed by atoms with Gasteiger partial charge in [-0.25, -0.2) is 0 Å². The third-order valence-electron chi connectivity index (χ3n) is 4.17. The summed E-state index contributed by atoms with van der Waals surface area (Å²) >= 11 is 8.41. The summed E-state index contributed by atoms with van der Waals surface area (Å²) in [5.41, 5.74) is 1.21. The molecule has 0 heterocycles. The first-order valence-corrected chi connectivity index (χ1v) is 12.7. The lowest BCUT2D eigenvalue weighted by Crippen LogP contribution is -2.17. The van der Waals surface area contributed by atoms with Gasteiger partial charge in [0.2, 0.25) is 0 Å². The van der Waals surface area contributed by atoms with Crippen molar-refractivity contribution in [1.82, 2.24) is 0 Å². The van der Waals surface area contributed by atoms with Crippen molar-refractivity contribution in [2.75, 3.05) is 0 Å². The monoisotopic (exact) mass is 408 g/mol. The van der Waals surface area contributed by atoms with Crippen molar-refractivity contribution in [3.63, 3.8) is 0 Å². The first-order chi connectivity index (χ1) is 12.9. The minimum absolute atomic E-state index is 0.133. The zero-order valence-electron chi connectivity index (χ0n) is 16.0. The van der Waals surface area contributed by atoms with Crippen molar-refractivity contribution in [2.24, 2.45) is 0 Å². The number of thioether (sulfide) groups is 1. The van der Waals surface area contributed by atoms with Crippen LogP contribution in [0.2, 0.25) is 0 Å². The van der Waals surface area contributed by atoms with E-state index < -0.39 is 6.04 Å². The van der Waals surface area contributed by atoms with Gasteiger partial charge in [-0.05, 0) is 21.6 Å². The van der Waals surface area contributed by atoms with Crippen LogP contribution in [0.3, 0.4) is 0 Å². The summed E-state index contributed by atoms with van der Waals surface area (Å²) in [5.74, 6) is 0. The van der Waals surface area contributed by atoms with Crippen LogP contribution in [0.1, 0.15) is 26.3 Å². The Morgan fingerprint density at radius 3 is 1.56 bits per heavy atom. The zero-order chi connectivity index (χ0) is 19.3. The fourth-order valence-electron chi connectivity index (χ4n) is 2.87. The fourth-order valence-corrected chi connectivity index (χ4v) is 8.21. The Labute approximate surface area is 172 Å². The second-order valence-corrected chi connectivity index (χ2v) is 13.5. The molecule has 3 aromatic rings. The Balaban J connectivity index is 2.28. The highest BCUT2D eigenvalue weighted by molar-refractivity contribution is 8.27. The van der Waals surface area contributed by atoms with Gasteiger partial charge in [0.15, 0.2) is 0 Å². The van der Waals surface area contributed by atoms with Crippen molar-refractivity contribution in [1.29, 1.82) is 0 Å². The lowest BCUT2D eigenvalue weighted by atomic mass is 10.2. The predicted octanol–water partition coefficient (Wildman–Crippen LogP) is 6.65. The van der Waals surface area contributed by atoms with Crippen molar-refractivity contribution in [2.45, 2.75) is 25.5 Å². The molecule has 0 aliphatic carbocycles. The van der Waals surface area contributed by atoms with Gasteiger partial charge in [0, 0.05) is 16.1 Å². The molecule has 3 aromatic carbocycles. The van der Waals surface area contributed by atoms with E-state index in [-0.39, 0.29) is 4.75 Å². The third-order valence-corrected chi connectivity index (χ3v) is 10.4. The largest absolute Gasteiger partial charge is 0.127 e. The molecule has 0 atom stereocenters. The van der Waals surface area contributed by atoms with Crippen molar-refractivity contribution in [3.8, 4) is 0 Å². The summed E-state index contributed by atoms with van der Waals surface area (Å²) < 4.78 is 0.133. The molecule has 0 saturated heterocycles. The highest BCUT2D eigenvalue weighted by atomic mass is 32.4. The van der Waals surface area contributed by atoms with E-state index in [4.69, 9.17) is 11.8 Å². The summed E-state index contributed by atoms with van der Waals surface area (Å²) in [4.78, 5) is 0. The fraction of sp³-hybridized carbons (Fsp3) is 0.167. The smallest absolute Gasteiger partial charge is 0.0390 e. The van der Waals surface area contributed by atoms with E-state index in [1.54, 1.807) is 0 Å². The normalized spacial score (nSPS) is 12.8. The van der Waals surface area contributed by atoms with E-state index >= 15 is 0 Å². The van der Waals surface area contributed by atoms with Gasteiger partial charge in [0.1, 0.15) is 0 Å². The first-order valence-electron chi connectivity index (χ1n) is 9.06. The molecule has 0 aliphatic rings. The van der Waals surface area contributed by atoms with Crippen LogP contribution in [0.25, 0.3) is 5.31 Å². The van der Waals surface area contributed by atoms with E-state index in [0.717, 1.165) is 0 Å². The first kappa shape index (κ1) is 20.1. The molecule has 0 aromatic heterocycles.